The molecule has 25 heavy (non-hydrogen) atoms. The average Bonchev–Trinajstić information content (AvgIpc) is 3.02. The summed E-state index contributed by atoms with van der Waals surface area (Å²) in [4.78, 5) is 14.4. The summed E-state index contributed by atoms with van der Waals surface area (Å²) in [5, 5.41) is 0. The molecule has 0 spiro atoms. The highest BCUT2D eigenvalue weighted by Crippen LogP contribution is 2.36. The van der Waals surface area contributed by atoms with Crippen molar-refractivity contribution in [2.24, 2.45) is 0 Å². The summed E-state index contributed by atoms with van der Waals surface area (Å²) in [5.74, 6) is 0.0546. The molecule has 2 aromatic rings. The highest BCUT2D eigenvalue weighted by molar-refractivity contribution is 6.62. The fourth-order valence-corrected chi connectivity index (χ4v) is 3.25. The van der Waals surface area contributed by atoms with Gasteiger partial charge in [0, 0.05) is 11.3 Å². The van der Waals surface area contributed by atoms with E-state index in [0.717, 1.165) is 22.3 Å². The Morgan fingerprint density at radius 2 is 1.52 bits per heavy atom. The van der Waals surface area contributed by atoms with Crippen LogP contribution in [0, 0.1) is 0 Å². The van der Waals surface area contributed by atoms with Gasteiger partial charge in [0.1, 0.15) is 0 Å². The summed E-state index contributed by atoms with van der Waals surface area (Å²) in [6.45, 7) is 8.79. The molecule has 5 heteroatoms. The van der Waals surface area contributed by atoms with E-state index in [1.54, 1.807) is 4.90 Å². The van der Waals surface area contributed by atoms with E-state index >= 15 is 0 Å². The minimum absolute atomic E-state index is 0.0546. The molecule has 4 rings (SSSR count). The van der Waals surface area contributed by atoms with Gasteiger partial charge >= 0.3 is 7.12 Å². The molecule has 2 heterocycles. The molecule has 2 aliphatic heterocycles. The van der Waals surface area contributed by atoms with Crippen LogP contribution < -0.4 is 10.4 Å². The number of nitrogens with zero attached hydrogens (tertiary/aromatic N) is 1. The van der Waals surface area contributed by atoms with Crippen molar-refractivity contribution in [1.29, 1.82) is 0 Å². The number of hydrogen-bond donors (Lipinski definition) is 0. The Bertz CT molecular complexity index is 813. The van der Waals surface area contributed by atoms with Gasteiger partial charge in [-0.25, -0.2) is 0 Å². The number of hydrogen-bond acceptors (Lipinski definition) is 3. The van der Waals surface area contributed by atoms with Crippen LogP contribution in [0.25, 0.3) is 0 Å². The Morgan fingerprint density at radius 3 is 2.12 bits per heavy atom. The number of fused-ring (bicyclic) bond motifs is 1. The van der Waals surface area contributed by atoms with Crippen molar-refractivity contribution in [3.8, 4) is 0 Å². The SMILES string of the molecule is CC1(C)OB(c2ccc(N3Cc4ccccc4C3=O)cc2)OC1(C)C. The Hall–Kier alpha value is -2.11. The summed E-state index contributed by atoms with van der Waals surface area (Å²) < 4.78 is 12.2. The smallest absolute Gasteiger partial charge is 0.399 e. The average molecular weight is 335 g/mol. The van der Waals surface area contributed by atoms with E-state index in [0.29, 0.717) is 6.54 Å². The molecule has 1 fully saturated rings. The fraction of sp³-hybridized carbons (Fsp3) is 0.350. The van der Waals surface area contributed by atoms with Crippen LogP contribution in [-0.4, -0.2) is 24.2 Å². The maximum Gasteiger partial charge on any atom is 0.494 e. The van der Waals surface area contributed by atoms with Gasteiger partial charge in [0.05, 0.1) is 17.7 Å². The quantitative estimate of drug-likeness (QED) is 0.792. The van der Waals surface area contributed by atoms with E-state index in [-0.39, 0.29) is 24.2 Å². The van der Waals surface area contributed by atoms with E-state index in [4.69, 9.17) is 9.31 Å². The van der Waals surface area contributed by atoms with Gasteiger partial charge in [0.25, 0.3) is 5.91 Å². The van der Waals surface area contributed by atoms with Crippen molar-refractivity contribution in [3.05, 3.63) is 59.7 Å². The second-order valence-electron chi connectivity index (χ2n) is 7.73. The van der Waals surface area contributed by atoms with Gasteiger partial charge in [0.15, 0.2) is 0 Å². The molecule has 0 saturated carbocycles. The lowest BCUT2D eigenvalue weighted by atomic mass is 9.79. The van der Waals surface area contributed by atoms with Crippen LogP contribution in [0.4, 0.5) is 5.69 Å². The highest BCUT2D eigenvalue weighted by Gasteiger charge is 2.51. The van der Waals surface area contributed by atoms with Crippen LogP contribution in [0.3, 0.4) is 0 Å². The Labute approximate surface area is 148 Å². The zero-order valence-corrected chi connectivity index (χ0v) is 15.1. The molecule has 2 aromatic carbocycles. The van der Waals surface area contributed by atoms with Gasteiger partial charge in [-0.1, -0.05) is 30.3 Å². The summed E-state index contributed by atoms with van der Waals surface area (Å²) in [6, 6.07) is 15.6. The molecule has 1 amide bonds. The summed E-state index contributed by atoms with van der Waals surface area (Å²) in [6.07, 6.45) is 0. The van der Waals surface area contributed by atoms with Crippen LogP contribution in [0.5, 0.6) is 0 Å². The third kappa shape index (κ3) is 2.59. The molecule has 0 atom stereocenters. The van der Waals surface area contributed by atoms with Crippen molar-refractivity contribution in [2.45, 2.75) is 45.4 Å². The number of rotatable bonds is 2. The monoisotopic (exact) mass is 335 g/mol. The van der Waals surface area contributed by atoms with Crippen LogP contribution in [-0.2, 0) is 15.9 Å². The van der Waals surface area contributed by atoms with Gasteiger partial charge in [0.2, 0.25) is 0 Å². The summed E-state index contributed by atoms with van der Waals surface area (Å²) in [5.41, 5.74) is 3.00. The van der Waals surface area contributed by atoms with Crippen LogP contribution in [0.1, 0.15) is 43.6 Å². The highest BCUT2D eigenvalue weighted by atomic mass is 16.7. The van der Waals surface area contributed by atoms with E-state index in [1.807, 2.05) is 76.2 Å². The van der Waals surface area contributed by atoms with E-state index in [9.17, 15) is 4.79 Å². The molecule has 0 radical (unpaired) electrons. The normalized spacial score (nSPS) is 20.9. The Kier molecular flexibility index (Phi) is 3.57. The van der Waals surface area contributed by atoms with Gasteiger partial charge in [-0.05, 0) is 56.9 Å². The molecule has 1 saturated heterocycles. The lowest BCUT2D eigenvalue weighted by Crippen LogP contribution is -2.41. The predicted octanol–water partition coefficient (Wildman–Crippen LogP) is 3.15. The fourth-order valence-electron chi connectivity index (χ4n) is 3.25. The standard InChI is InChI=1S/C20H22BNO3/c1-19(2)20(3,4)25-21(24-19)15-9-11-16(12-10-15)22-13-14-7-5-6-8-17(14)18(22)23/h5-12H,13H2,1-4H3. The minimum Gasteiger partial charge on any atom is -0.399 e. The van der Waals surface area contributed by atoms with Gasteiger partial charge in [-0.2, -0.15) is 0 Å². The van der Waals surface area contributed by atoms with Crippen molar-refractivity contribution < 1.29 is 14.1 Å². The second kappa shape index (κ2) is 5.45. The molecular formula is C20H22BNO3. The first-order valence-electron chi connectivity index (χ1n) is 8.64. The second-order valence-corrected chi connectivity index (χ2v) is 7.73. The van der Waals surface area contributed by atoms with Crippen LogP contribution in [0.15, 0.2) is 48.5 Å². The van der Waals surface area contributed by atoms with Crippen LogP contribution >= 0.6 is 0 Å². The molecule has 0 aliphatic carbocycles. The van der Waals surface area contributed by atoms with Crippen molar-refractivity contribution in [2.75, 3.05) is 4.90 Å². The maximum atomic E-state index is 12.6. The van der Waals surface area contributed by atoms with Gasteiger partial charge in [-0.3, -0.25) is 4.79 Å². The number of benzene rings is 2. The molecule has 128 valence electrons. The molecule has 4 nitrogen and oxygen atoms in total. The largest absolute Gasteiger partial charge is 0.494 e. The molecular weight excluding hydrogens is 313 g/mol. The van der Waals surface area contributed by atoms with Crippen molar-refractivity contribution >= 4 is 24.2 Å². The summed E-state index contributed by atoms with van der Waals surface area (Å²) >= 11 is 0. The van der Waals surface area contributed by atoms with E-state index in [1.165, 1.54) is 0 Å². The number of anilines is 1. The topological polar surface area (TPSA) is 38.8 Å². The van der Waals surface area contributed by atoms with Gasteiger partial charge < -0.3 is 14.2 Å². The molecule has 0 unspecified atom stereocenters. The first-order chi connectivity index (χ1) is 11.8. The predicted molar refractivity (Wildman–Crippen MR) is 99.1 cm³/mol. The first kappa shape index (κ1) is 16.4. The van der Waals surface area contributed by atoms with Crippen LogP contribution in [0.2, 0.25) is 0 Å². The molecule has 0 N–H and O–H groups in total. The van der Waals surface area contributed by atoms with Crippen molar-refractivity contribution in [1.82, 2.24) is 0 Å². The lowest BCUT2D eigenvalue weighted by Gasteiger charge is -2.32. The number of amides is 1. The zero-order valence-electron chi connectivity index (χ0n) is 15.1. The Balaban J connectivity index is 1.55. The first-order valence-corrected chi connectivity index (χ1v) is 8.64. The maximum absolute atomic E-state index is 12.6. The zero-order chi connectivity index (χ0) is 17.8. The third-order valence-electron chi connectivity index (χ3n) is 5.55. The lowest BCUT2D eigenvalue weighted by molar-refractivity contribution is 0.00578. The third-order valence-corrected chi connectivity index (χ3v) is 5.55. The Morgan fingerprint density at radius 1 is 0.920 bits per heavy atom. The van der Waals surface area contributed by atoms with E-state index < -0.39 is 0 Å². The van der Waals surface area contributed by atoms with E-state index in [2.05, 4.69) is 0 Å². The molecule has 0 aromatic heterocycles. The number of carbonyl (C=O) groups excluding carboxylic acids is 1. The van der Waals surface area contributed by atoms with Gasteiger partial charge in [-0.15, -0.1) is 0 Å². The van der Waals surface area contributed by atoms with Crippen molar-refractivity contribution in [3.63, 3.8) is 0 Å². The molecule has 0 bridgehead atoms. The minimum atomic E-state index is -0.384. The summed E-state index contributed by atoms with van der Waals surface area (Å²) in [7, 11) is -0.384. The molecule has 2 aliphatic rings. The number of carbonyl (C=O) groups is 1.